The van der Waals surface area contributed by atoms with E-state index in [0.29, 0.717) is 13.1 Å². The Balaban J connectivity index is 1.69. The standard InChI is InChI=1S/C17H25N3O3/c1-14(21)20-11-9-19(10-12-20)13-17(22)18-8-7-15-5-3-4-6-16(15)23-2/h3-6H,7-13H2,1-2H3,(H,18,22)/p+1. The molecule has 1 heterocycles. The van der Waals surface area contributed by atoms with Crippen LogP contribution in [0, 0.1) is 0 Å². The number of carbonyl (C=O) groups excluding carboxylic acids is 2. The second kappa shape index (κ2) is 8.53. The van der Waals surface area contributed by atoms with Gasteiger partial charge in [-0.15, -0.1) is 0 Å². The number of rotatable bonds is 6. The number of hydrogen-bond acceptors (Lipinski definition) is 3. The highest BCUT2D eigenvalue weighted by atomic mass is 16.5. The van der Waals surface area contributed by atoms with E-state index in [1.165, 1.54) is 4.90 Å². The molecule has 1 saturated heterocycles. The van der Waals surface area contributed by atoms with Crippen LogP contribution >= 0.6 is 0 Å². The van der Waals surface area contributed by atoms with Gasteiger partial charge in [0, 0.05) is 13.5 Å². The quantitative estimate of drug-likeness (QED) is 0.714. The van der Waals surface area contributed by atoms with Gasteiger partial charge in [0.1, 0.15) is 5.75 Å². The average molecular weight is 320 g/mol. The molecule has 2 rings (SSSR count). The van der Waals surface area contributed by atoms with Crippen molar-refractivity contribution in [3.05, 3.63) is 29.8 Å². The maximum Gasteiger partial charge on any atom is 0.275 e. The Morgan fingerprint density at radius 1 is 1.26 bits per heavy atom. The fraction of sp³-hybridized carbons (Fsp3) is 0.529. The molecule has 1 aliphatic heterocycles. The van der Waals surface area contributed by atoms with Crippen molar-refractivity contribution in [1.29, 1.82) is 0 Å². The Morgan fingerprint density at radius 3 is 2.61 bits per heavy atom. The maximum absolute atomic E-state index is 12.0. The van der Waals surface area contributed by atoms with Gasteiger partial charge >= 0.3 is 0 Å². The van der Waals surface area contributed by atoms with Crippen LogP contribution in [-0.2, 0) is 16.0 Å². The van der Waals surface area contributed by atoms with Crippen LogP contribution in [0.5, 0.6) is 5.75 Å². The van der Waals surface area contributed by atoms with Gasteiger partial charge < -0.3 is 19.9 Å². The van der Waals surface area contributed by atoms with E-state index in [1.54, 1.807) is 14.0 Å². The number of methoxy groups -OCH3 is 1. The topological polar surface area (TPSA) is 63.1 Å². The second-order valence-electron chi connectivity index (χ2n) is 5.84. The predicted octanol–water partition coefficient (Wildman–Crippen LogP) is -0.899. The summed E-state index contributed by atoms with van der Waals surface area (Å²) in [7, 11) is 1.65. The third-order valence-corrected chi connectivity index (χ3v) is 4.24. The SMILES string of the molecule is COc1ccccc1CCNC(=O)C[NH+]1CCN(C(C)=O)CC1. The van der Waals surface area contributed by atoms with Gasteiger partial charge in [0.15, 0.2) is 6.54 Å². The summed E-state index contributed by atoms with van der Waals surface area (Å²) >= 11 is 0. The molecule has 2 N–H and O–H groups in total. The molecule has 126 valence electrons. The van der Waals surface area contributed by atoms with Gasteiger partial charge in [-0.3, -0.25) is 9.59 Å². The first-order valence-electron chi connectivity index (χ1n) is 8.08. The summed E-state index contributed by atoms with van der Waals surface area (Å²) in [4.78, 5) is 26.4. The number of hydrogen-bond donors (Lipinski definition) is 2. The van der Waals surface area contributed by atoms with E-state index in [9.17, 15) is 9.59 Å². The molecule has 0 spiro atoms. The van der Waals surface area contributed by atoms with Gasteiger partial charge in [-0.05, 0) is 18.1 Å². The van der Waals surface area contributed by atoms with E-state index < -0.39 is 0 Å². The monoisotopic (exact) mass is 320 g/mol. The van der Waals surface area contributed by atoms with Gasteiger partial charge in [0.05, 0.1) is 33.3 Å². The molecular formula is C17H26N3O3+. The highest BCUT2D eigenvalue weighted by Crippen LogP contribution is 2.17. The minimum atomic E-state index is 0.0613. The molecule has 0 aliphatic carbocycles. The van der Waals surface area contributed by atoms with Gasteiger partial charge in [-0.1, -0.05) is 18.2 Å². The number of nitrogens with one attached hydrogen (secondary N) is 2. The summed E-state index contributed by atoms with van der Waals surface area (Å²) in [5.74, 6) is 1.03. The summed E-state index contributed by atoms with van der Waals surface area (Å²) in [6.07, 6.45) is 0.753. The van der Waals surface area contributed by atoms with Gasteiger partial charge in [0.25, 0.3) is 5.91 Å². The summed E-state index contributed by atoms with van der Waals surface area (Å²) in [6, 6.07) is 7.84. The first-order valence-corrected chi connectivity index (χ1v) is 8.08. The largest absolute Gasteiger partial charge is 0.496 e. The van der Waals surface area contributed by atoms with E-state index in [-0.39, 0.29) is 11.8 Å². The zero-order chi connectivity index (χ0) is 16.7. The molecule has 6 nitrogen and oxygen atoms in total. The Hall–Kier alpha value is -2.08. The van der Waals surface area contributed by atoms with E-state index in [4.69, 9.17) is 4.74 Å². The second-order valence-corrected chi connectivity index (χ2v) is 5.84. The molecule has 23 heavy (non-hydrogen) atoms. The molecule has 0 atom stereocenters. The normalized spacial score (nSPS) is 15.3. The first kappa shape index (κ1) is 17.3. The third kappa shape index (κ3) is 5.25. The first-order chi connectivity index (χ1) is 11.1. The number of nitrogens with zero attached hydrogens (tertiary/aromatic N) is 1. The molecule has 0 bridgehead atoms. The van der Waals surface area contributed by atoms with Crippen molar-refractivity contribution < 1.29 is 19.2 Å². The van der Waals surface area contributed by atoms with Crippen LogP contribution in [0.3, 0.4) is 0 Å². The molecule has 1 aromatic rings. The number of amides is 2. The molecule has 2 amide bonds. The number of ether oxygens (including phenoxy) is 1. The minimum Gasteiger partial charge on any atom is -0.496 e. The van der Waals surface area contributed by atoms with Crippen molar-refractivity contribution >= 4 is 11.8 Å². The molecule has 0 aromatic heterocycles. The zero-order valence-corrected chi connectivity index (χ0v) is 13.9. The van der Waals surface area contributed by atoms with Crippen LogP contribution in [0.15, 0.2) is 24.3 Å². The Kier molecular flexibility index (Phi) is 6.40. The average Bonchev–Trinajstić information content (AvgIpc) is 2.55. The third-order valence-electron chi connectivity index (χ3n) is 4.24. The van der Waals surface area contributed by atoms with Gasteiger partial charge in [0.2, 0.25) is 5.91 Å². The smallest absolute Gasteiger partial charge is 0.275 e. The minimum absolute atomic E-state index is 0.0613. The van der Waals surface area contributed by atoms with Crippen LogP contribution in [0.2, 0.25) is 0 Å². The van der Waals surface area contributed by atoms with Crippen molar-refractivity contribution in [2.24, 2.45) is 0 Å². The Morgan fingerprint density at radius 2 is 1.96 bits per heavy atom. The van der Waals surface area contributed by atoms with Crippen LogP contribution in [0.25, 0.3) is 0 Å². The highest BCUT2D eigenvalue weighted by molar-refractivity contribution is 5.76. The molecule has 0 saturated carbocycles. The maximum atomic E-state index is 12.0. The highest BCUT2D eigenvalue weighted by Gasteiger charge is 2.23. The number of piperazine rings is 1. The number of carbonyl (C=O) groups is 2. The van der Waals surface area contributed by atoms with Gasteiger partial charge in [-0.25, -0.2) is 0 Å². The fourth-order valence-corrected chi connectivity index (χ4v) is 2.85. The lowest BCUT2D eigenvalue weighted by atomic mass is 10.1. The fourth-order valence-electron chi connectivity index (χ4n) is 2.85. The summed E-state index contributed by atoms with van der Waals surface area (Å²) < 4.78 is 5.30. The summed E-state index contributed by atoms with van der Waals surface area (Å²) in [6.45, 7) is 5.80. The lowest BCUT2D eigenvalue weighted by molar-refractivity contribution is -0.896. The van der Waals surface area contributed by atoms with Crippen LogP contribution < -0.4 is 15.0 Å². The summed E-state index contributed by atoms with van der Waals surface area (Å²) in [5.41, 5.74) is 1.10. The van der Waals surface area contributed by atoms with Crippen LogP contribution in [-0.4, -0.2) is 63.1 Å². The van der Waals surface area contributed by atoms with Crippen molar-refractivity contribution in [2.75, 3.05) is 46.4 Å². The van der Waals surface area contributed by atoms with Crippen molar-refractivity contribution in [3.8, 4) is 5.75 Å². The molecule has 1 aliphatic rings. The molecule has 6 heteroatoms. The number of quaternary nitrogens is 1. The Labute approximate surface area is 137 Å². The van der Waals surface area contributed by atoms with E-state index in [2.05, 4.69) is 5.32 Å². The van der Waals surface area contributed by atoms with E-state index >= 15 is 0 Å². The molecule has 0 radical (unpaired) electrons. The molecule has 1 aromatic carbocycles. The lowest BCUT2D eigenvalue weighted by Gasteiger charge is -2.31. The van der Waals surface area contributed by atoms with Crippen LogP contribution in [0.1, 0.15) is 12.5 Å². The van der Waals surface area contributed by atoms with E-state index in [0.717, 1.165) is 43.9 Å². The van der Waals surface area contributed by atoms with Gasteiger partial charge in [-0.2, -0.15) is 0 Å². The van der Waals surface area contributed by atoms with Crippen molar-refractivity contribution in [1.82, 2.24) is 10.2 Å². The Bertz CT molecular complexity index is 540. The molecular weight excluding hydrogens is 294 g/mol. The number of benzene rings is 1. The summed E-state index contributed by atoms with van der Waals surface area (Å²) in [5, 5.41) is 2.97. The van der Waals surface area contributed by atoms with Crippen molar-refractivity contribution in [3.63, 3.8) is 0 Å². The van der Waals surface area contributed by atoms with Crippen molar-refractivity contribution in [2.45, 2.75) is 13.3 Å². The lowest BCUT2D eigenvalue weighted by Crippen LogP contribution is -3.15. The zero-order valence-electron chi connectivity index (χ0n) is 13.9. The molecule has 0 unspecified atom stereocenters. The van der Waals surface area contributed by atoms with E-state index in [1.807, 2.05) is 29.2 Å². The van der Waals surface area contributed by atoms with Crippen LogP contribution in [0.4, 0.5) is 0 Å². The number of para-hydroxylation sites is 1. The molecule has 1 fully saturated rings. The predicted molar refractivity (Wildman–Crippen MR) is 87.5 cm³/mol.